The van der Waals surface area contributed by atoms with Crippen LogP contribution in [-0.4, -0.2) is 90.7 Å². The Kier molecular flexibility index (Phi) is 12.9. The standard InChI is InChI=1S/C30H38N6O6S2.C2H6/c1-3-4-22-18-32-29(33-19-22)35-12-9-25(10-13-35)42-30-34-26-6-5-24(17-27(26)43-30)23-7-14-36(15-8-23)44(39,40)16-11-31-28(38)20-41-21(2)37;1-2/h5-7,17-19,25H,3-4,8-16,20H2,1-2H3,(H,31,38);1-2H3. The summed E-state index contributed by atoms with van der Waals surface area (Å²) in [5.41, 5.74) is 4.17. The predicted molar refractivity (Wildman–Crippen MR) is 180 cm³/mol. The first-order valence-corrected chi connectivity index (χ1v) is 18.3. The molecule has 1 fully saturated rings. The first-order valence-electron chi connectivity index (χ1n) is 15.9. The van der Waals surface area contributed by atoms with Crippen molar-refractivity contribution in [2.24, 2.45) is 0 Å². The topological polar surface area (TPSA) is 144 Å². The van der Waals surface area contributed by atoms with Gasteiger partial charge in [-0.3, -0.25) is 9.59 Å². The molecular weight excluding hydrogens is 629 g/mol. The van der Waals surface area contributed by atoms with E-state index in [4.69, 9.17) is 9.72 Å². The average Bonchev–Trinajstić information content (AvgIpc) is 3.47. The van der Waals surface area contributed by atoms with E-state index >= 15 is 0 Å². The molecule has 2 aromatic heterocycles. The Bertz CT molecular complexity index is 1600. The van der Waals surface area contributed by atoms with E-state index in [-0.39, 0.29) is 24.9 Å². The molecule has 250 valence electrons. The number of carbonyl (C=O) groups excluding carboxylic acids is 2. The van der Waals surface area contributed by atoms with Crippen LogP contribution < -0.4 is 15.0 Å². The van der Waals surface area contributed by atoms with Crippen LogP contribution in [0.3, 0.4) is 0 Å². The molecule has 0 spiro atoms. The van der Waals surface area contributed by atoms with Gasteiger partial charge in [-0.25, -0.2) is 23.4 Å². The molecule has 0 bridgehead atoms. The first kappa shape index (κ1) is 35.2. The van der Waals surface area contributed by atoms with E-state index in [2.05, 4.69) is 37.9 Å². The minimum absolute atomic E-state index is 0.0532. The number of hydrogen-bond acceptors (Lipinski definition) is 11. The van der Waals surface area contributed by atoms with E-state index in [0.29, 0.717) is 18.2 Å². The summed E-state index contributed by atoms with van der Waals surface area (Å²) in [6, 6.07) is 6.10. The van der Waals surface area contributed by atoms with Crippen LogP contribution in [0.4, 0.5) is 5.95 Å². The number of fused-ring (bicyclic) bond motifs is 1. The molecule has 1 N–H and O–H groups in total. The summed E-state index contributed by atoms with van der Waals surface area (Å²) < 4.78 is 38.9. The van der Waals surface area contributed by atoms with Crippen molar-refractivity contribution in [3.63, 3.8) is 0 Å². The van der Waals surface area contributed by atoms with Gasteiger partial charge in [0.05, 0.1) is 16.0 Å². The SMILES string of the molecule is CC.CCCc1cnc(N2CCC(Oc3nc4ccc(C5=CCN(S(=O)(=O)CCNC(=O)COC(C)=O)CC5)cc4s3)CC2)nc1. The highest BCUT2D eigenvalue weighted by atomic mass is 32.2. The number of aryl methyl sites for hydroxylation is 1. The van der Waals surface area contributed by atoms with E-state index in [0.717, 1.165) is 71.6 Å². The Morgan fingerprint density at radius 3 is 2.50 bits per heavy atom. The van der Waals surface area contributed by atoms with E-state index in [9.17, 15) is 18.0 Å². The number of benzene rings is 1. The highest BCUT2D eigenvalue weighted by molar-refractivity contribution is 7.89. The van der Waals surface area contributed by atoms with Gasteiger partial charge in [-0.1, -0.05) is 50.7 Å². The lowest BCUT2D eigenvalue weighted by molar-refractivity contribution is -0.146. The van der Waals surface area contributed by atoms with Gasteiger partial charge >= 0.3 is 5.97 Å². The molecule has 3 aromatic rings. The van der Waals surface area contributed by atoms with Gasteiger partial charge in [0.1, 0.15) is 6.10 Å². The lowest BCUT2D eigenvalue weighted by Gasteiger charge is -2.31. The summed E-state index contributed by atoms with van der Waals surface area (Å²) in [4.78, 5) is 38.5. The Morgan fingerprint density at radius 1 is 1.11 bits per heavy atom. The van der Waals surface area contributed by atoms with Crippen molar-refractivity contribution in [2.75, 3.05) is 50.0 Å². The summed E-state index contributed by atoms with van der Waals surface area (Å²) in [6.45, 7) is 9.16. The fourth-order valence-corrected chi connectivity index (χ4v) is 7.44. The minimum atomic E-state index is -3.55. The number of carbonyl (C=O) groups is 2. The van der Waals surface area contributed by atoms with Crippen molar-refractivity contribution >= 4 is 55.0 Å². The highest BCUT2D eigenvalue weighted by Gasteiger charge is 2.26. The van der Waals surface area contributed by atoms with Gasteiger partial charge in [0, 0.05) is 64.9 Å². The van der Waals surface area contributed by atoms with Gasteiger partial charge in [-0.05, 0) is 41.7 Å². The molecule has 0 aliphatic carbocycles. The highest BCUT2D eigenvalue weighted by Crippen LogP contribution is 2.33. The number of amides is 1. The summed E-state index contributed by atoms with van der Waals surface area (Å²) in [5, 5.41) is 3.12. The number of anilines is 1. The smallest absolute Gasteiger partial charge is 0.303 e. The maximum atomic E-state index is 12.8. The van der Waals surface area contributed by atoms with Crippen LogP contribution in [-0.2, 0) is 30.8 Å². The second-order valence-corrected chi connectivity index (χ2v) is 14.0. The number of rotatable bonds is 12. The summed E-state index contributed by atoms with van der Waals surface area (Å²) >= 11 is 1.53. The number of nitrogens with zero attached hydrogens (tertiary/aromatic N) is 5. The summed E-state index contributed by atoms with van der Waals surface area (Å²) in [6.07, 6.45) is 10.3. The summed E-state index contributed by atoms with van der Waals surface area (Å²) in [5.74, 6) is -0.557. The number of sulfonamides is 1. The van der Waals surface area contributed by atoms with E-state index in [1.54, 1.807) is 0 Å². The van der Waals surface area contributed by atoms with Crippen LogP contribution in [0.1, 0.15) is 64.5 Å². The molecule has 0 atom stereocenters. The van der Waals surface area contributed by atoms with Crippen LogP contribution in [0, 0.1) is 0 Å². The molecule has 4 heterocycles. The van der Waals surface area contributed by atoms with Crippen LogP contribution in [0.2, 0.25) is 0 Å². The Labute approximate surface area is 275 Å². The van der Waals surface area contributed by atoms with Crippen LogP contribution >= 0.6 is 11.3 Å². The zero-order chi connectivity index (χ0) is 33.1. The molecular formula is C32H44N6O6S2. The average molecular weight is 673 g/mol. The molecule has 1 aromatic carbocycles. The fourth-order valence-electron chi connectivity index (χ4n) is 5.23. The van der Waals surface area contributed by atoms with E-state index in [1.807, 2.05) is 44.4 Å². The molecule has 0 unspecified atom stereocenters. The van der Waals surface area contributed by atoms with Gasteiger partial charge in [0.2, 0.25) is 16.0 Å². The first-order chi connectivity index (χ1) is 22.2. The van der Waals surface area contributed by atoms with E-state index < -0.39 is 28.5 Å². The van der Waals surface area contributed by atoms with Crippen LogP contribution in [0.15, 0.2) is 36.7 Å². The number of ether oxygens (including phenoxy) is 2. The van der Waals surface area contributed by atoms with Gasteiger partial charge < -0.3 is 19.7 Å². The molecule has 5 rings (SSSR count). The normalized spacial score (nSPS) is 15.9. The second-order valence-electron chi connectivity index (χ2n) is 10.9. The van der Waals surface area contributed by atoms with Gasteiger partial charge in [0.15, 0.2) is 6.61 Å². The molecule has 0 radical (unpaired) electrons. The molecule has 0 saturated carbocycles. The van der Waals surface area contributed by atoms with Crippen molar-refractivity contribution in [3.8, 4) is 5.19 Å². The van der Waals surface area contributed by atoms with Crippen molar-refractivity contribution in [1.82, 2.24) is 24.6 Å². The molecule has 46 heavy (non-hydrogen) atoms. The Hall–Kier alpha value is -3.62. The minimum Gasteiger partial charge on any atom is -0.467 e. The molecule has 1 amide bonds. The molecule has 12 nitrogen and oxygen atoms in total. The molecule has 14 heteroatoms. The zero-order valence-electron chi connectivity index (χ0n) is 27.0. The molecule has 2 aliphatic rings. The number of hydrogen-bond donors (Lipinski definition) is 1. The maximum Gasteiger partial charge on any atom is 0.303 e. The predicted octanol–water partition coefficient (Wildman–Crippen LogP) is 4.21. The largest absolute Gasteiger partial charge is 0.467 e. The van der Waals surface area contributed by atoms with Crippen molar-refractivity contribution in [2.45, 2.75) is 65.9 Å². The Balaban J connectivity index is 0.00000235. The Morgan fingerprint density at radius 2 is 1.85 bits per heavy atom. The fraction of sp³-hybridized carbons (Fsp3) is 0.531. The van der Waals surface area contributed by atoms with E-state index in [1.165, 1.54) is 22.6 Å². The zero-order valence-corrected chi connectivity index (χ0v) is 28.7. The van der Waals surface area contributed by atoms with Gasteiger partial charge in [-0.2, -0.15) is 4.31 Å². The lowest BCUT2D eigenvalue weighted by Crippen LogP contribution is -2.40. The quantitative estimate of drug-likeness (QED) is 0.278. The van der Waals surface area contributed by atoms with Crippen molar-refractivity contribution in [1.29, 1.82) is 0 Å². The molecule has 2 aliphatic heterocycles. The summed E-state index contributed by atoms with van der Waals surface area (Å²) in [7, 11) is -3.55. The monoisotopic (exact) mass is 672 g/mol. The number of nitrogens with one attached hydrogen (secondary N) is 1. The number of piperidine rings is 1. The third kappa shape index (κ3) is 9.69. The number of esters is 1. The number of aromatic nitrogens is 3. The lowest BCUT2D eigenvalue weighted by atomic mass is 10.0. The van der Waals surface area contributed by atoms with Gasteiger partial charge in [-0.15, -0.1) is 0 Å². The third-order valence-electron chi connectivity index (χ3n) is 7.62. The van der Waals surface area contributed by atoms with Gasteiger partial charge in [0.25, 0.3) is 11.1 Å². The maximum absolute atomic E-state index is 12.8. The second kappa shape index (κ2) is 16.8. The van der Waals surface area contributed by atoms with Crippen LogP contribution in [0.5, 0.6) is 5.19 Å². The van der Waals surface area contributed by atoms with Crippen molar-refractivity contribution in [3.05, 3.63) is 47.8 Å². The van der Waals surface area contributed by atoms with Crippen molar-refractivity contribution < 1.29 is 27.5 Å². The number of thiazole rings is 1. The van der Waals surface area contributed by atoms with Crippen LogP contribution in [0.25, 0.3) is 15.8 Å². The third-order valence-corrected chi connectivity index (χ3v) is 10.4. The molecule has 1 saturated heterocycles.